The minimum absolute atomic E-state index is 0.0422. The maximum Gasteiger partial charge on any atom is 0.259 e. The SMILES string of the molecule is Cc1noc(C)c1C(=O)N1CCOC2(C1)C(=O)N(CCN(C)C)CC2c1ccccc1. The first-order valence-electron chi connectivity index (χ1n) is 10.7. The van der Waals surface area contributed by atoms with E-state index in [-0.39, 0.29) is 24.3 Å². The number of rotatable bonds is 5. The lowest BCUT2D eigenvalue weighted by Crippen LogP contribution is -2.59. The zero-order chi connectivity index (χ0) is 22.2. The van der Waals surface area contributed by atoms with E-state index < -0.39 is 5.60 Å². The highest BCUT2D eigenvalue weighted by Gasteiger charge is 2.58. The van der Waals surface area contributed by atoms with E-state index in [1.54, 1.807) is 18.7 Å². The van der Waals surface area contributed by atoms with Gasteiger partial charge in [-0.25, -0.2) is 0 Å². The summed E-state index contributed by atoms with van der Waals surface area (Å²) in [4.78, 5) is 32.7. The average molecular weight is 427 g/mol. The fraction of sp³-hybridized carbons (Fsp3) is 0.522. The zero-order valence-electron chi connectivity index (χ0n) is 18.6. The minimum atomic E-state index is -1.08. The Balaban J connectivity index is 1.67. The Kier molecular flexibility index (Phi) is 5.85. The van der Waals surface area contributed by atoms with Gasteiger partial charge in [0.1, 0.15) is 11.3 Å². The van der Waals surface area contributed by atoms with Crippen molar-refractivity contribution in [2.45, 2.75) is 25.4 Å². The molecule has 1 aromatic heterocycles. The molecule has 0 radical (unpaired) electrons. The van der Waals surface area contributed by atoms with Crippen molar-refractivity contribution < 1.29 is 18.8 Å². The van der Waals surface area contributed by atoms with Crippen LogP contribution < -0.4 is 0 Å². The Morgan fingerprint density at radius 3 is 2.65 bits per heavy atom. The number of amides is 2. The number of carbonyl (C=O) groups is 2. The van der Waals surface area contributed by atoms with E-state index in [1.807, 2.05) is 49.3 Å². The molecule has 0 bridgehead atoms. The van der Waals surface area contributed by atoms with Crippen LogP contribution in [0, 0.1) is 13.8 Å². The van der Waals surface area contributed by atoms with Gasteiger partial charge in [0.25, 0.3) is 11.8 Å². The highest BCUT2D eigenvalue weighted by Crippen LogP contribution is 2.42. The summed E-state index contributed by atoms with van der Waals surface area (Å²) in [6.45, 7) is 6.42. The average Bonchev–Trinajstić information content (AvgIpc) is 3.23. The van der Waals surface area contributed by atoms with Crippen molar-refractivity contribution in [3.63, 3.8) is 0 Å². The van der Waals surface area contributed by atoms with Gasteiger partial charge in [0, 0.05) is 32.1 Å². The van der Waals surface area contributed by atoms with Crippen molar-refractivity contribution in [3.8, 4) is 0 Å². The Bertz CT molecular complexity index is 938. The van der Waals surface area contributed by atoms with Gasteiger partial charge >= 0.3 is 0 Å². The van der Waals surface area contributed by atoms with Crippen LogP contribution in [0.1, 0.15) is 33.3 Å². The third-order valence-corrected chi connectivity index (χ3v) is 6.32. The fourth-order valence-electron chi connectivity index (χ4n) is 4.65. The van der Waals surface area contributed by atoms with Crippen LogP contribution in [0.15, 0.2) is 34.9 Å². The number of ether oxygens (including phenoxy) is 1. The monoisotopic (exact) mass is 426 g/mol. The molecular formula is C23H30N4O4. The largest absolute Gasteiger partial charge is 0.361 e. The molecule has 0 aliphatic carbocycles. The maximum absolute atomic E-state index is 13.7. The number of likely N-dealkylation sites (N-methyl/N-ethyl adjacent to an activating group) is 1. The normalized spacial score (nSPS) is 23.9. The summed E-state index contributed by atoms with van der Waals surface area (Å²) in [7, 11) is 3.98. The van der Waals surface area contributed by atoms with Crippen molar-refractivity contribution in [1.82, 2.24) is 19.9 Å². The van der Waals surface area contributed by atoms with Crippen LogP contribution in [0.3, 0.4) is 0 Å². The van der Waals surface area contributed by atoms with Crippen LogP contribution >= 0.6 is 0 Å². The minimum Gasteiger partial charge on any atom is -0.361 e. The summed E-state index contributed by atoms with van der Waals surface area (Å²) < 4.78 is 11.5. The molecule has 166 valence electrons. The number of aromatic nitrogens is 1. The lowest BCUT2D eigenvalue weighted by Gasteiger charge is -2.42. The summed E-state index contributed by atoms with van der Waals surface area (Å²) in [5.74, 6) is 0.140. The highest BCUT2D eigenvalue weighted by molar-refractivity contribution is 5.97. The standard InChI is InChI=1S/C23H30N4O4/c1-16-20(17(2)31-24-16)21(28)27-12-13-30-23(15-27)19(18-8-6-5-7-9-18)14-26(22(23)29)11-10-25(3)4/h5-9,19H,10-15H2,1-4H3. The van der Waals surface area contributed by atoms with Gasteiger partial charge in [0.2, 0.25) is 0 Å². The molecule has 2 atom stereocenters. The molecule has 2 aliphatic rings. The molecule has 1 aromatic carbocycles. The van der Waals surface area contributed by atoms with Gasteiger partial charge in [-0.15, -0.1) is 0 Å². The van der Waals surface area contributed by atoms with E-state index in [0.29, 0.717) is 43.3 Å². The first kappa shape index (κ1) is 21.5. The number of likely N-dealkylation sites (tertiary alicyclic amines) is 1. The van der Waals surface area contributed by atoms with Crippen molar-refractivity contribution in [2.24, 2.45) is 0 Å². The summed E-state index contributed by atoms with van der Waals surface area (Å²) in [5, 5.41) is 3.92. The molecule has 2 saturated heterocycles. The smallest absolute Gasteiger partial charge is 0.259 e. The number of hydrogen-bond donors (Lipinski definition) is 0. The van der Waals surface area contributed by atoms with Gasteiger partial charge in [-0.1, -0.05) is 35.5 Å². The first-order valence-corrected chi connectivity index (χ1v) is 10.7. The number of aryl methyl sites for hydroxylation is 2. The molecule has 4 rings (SSSR count). The van der Waals surface area contributed by atoms with Crippen LogP contribution in [0.4, 0.5) is 0 Å². The van der Waals surface area contributed by atoms with Crippen molar-refractivity contribution in [1.29, 1.82) is 0 Å². The molecule has 2 amide bonds. The quantitative estimate of drug-likeness (QED) is 0.724. The molecule has 8 nitrogen and oxygen atoms in total. The van der Waals surface area contributed by atoms with Crippen molar-refractivity contribution in [3.05, 3.63) is 52.9 Å². The fourth-order valence-corrected chi connectivity index (χ4v) is 4.65. The van der Waals surface area contributed by atoms with E-state index >= 15 is 0 Å². The summed E-state index contributed by atoms with van der Waals surface area (Å²) >= 11 is 0. The molecule has 8 heteroatoms. The van der Waals surface area contributed by atoms with Crippen LogP contribution in [0.2, 0.25) is 0 Å². The molecule has 2 fully saturated rings. The van der Waals surface area contributed by atoms with Gasteiger partial charge < -0.3 is 24.0 Å². The molecule has 1 spiro atoms. The molecule has 2 aromatic rings. The van der Waals surface area contributed by atoms with Gasteiger partial charge in [-0.3, -0.25) is 9.59 Å². The Hall–Kier alpha value is -2.71. The summed E-state index contributed by atoms with van der Waals surface area (Å²) in [5.41, 5.74) is 1.01. The van der Waals surface area contributed by atoms with Gasteiger partial charge in [-0.05, 0) is 33.5 Å². The Morgan fingerprint density at radius 1 is 1.26 bits per heavy atom. The predicted molar refractivity (Wildman–Crippen MR) is 115 cm³/mol. The molecule has 0 saturated carbocycles. The van der Waals surface area contributed by atoms with Crippen LogP contribution in [0.25, 0.3) is 0 Å². The number of carbonyl (C=O) groups excluding carboxylic acids is 2. The van der Waals surface area contributed by atoms with Crippen LogP contribution in [-0.4, -0.2) is 90.7 Å². The van der Waals surface area contributed by atoms with Gasteiger partial charge in [-0.2, -0.15) is 0 Å². The first-order chi connectivity index (χ1) is 14.8. The van der Waals surface area contributed by atoms with E-state index in [2.05, 4.69) is 10.1 Å². The second kappa shape index (κ2) is 8.43. The molecular weight excluding hydrogens is 396 g/mol. The van der Waals surface area contributed by atoms with E-state index in [0.717, 1.165) is 12.1 Å². The lowest BCUT2D eigenvalue weighted by molar-refractivity contribution is -0.159. The molecule has 0 N–H and O–H groups in total. The van der Waals surface area contributed by atoms with E-state index in [9.17, 15) is 9.59 Å². The molecule has 31 heavy (non-hydrogen) atoms. The second-order valence-electron chi connectivity index (χ2n) is 8.68. The van der Waals surface area contributed by atoms with Gasteiger partial charge in [0.05, 0.1) is 18.8 Å². The number of benzene rings is 1. The third-order valence-electron chi connectivity index (χ3n) is 6.32. The topological polar surface area (TPSA) is 79.1 Å². The maximum atomic E-state index is 13.7. The number of nitrogens with zero attached hydrogens (tertiary/aromatic N) is 4. The lowest BCUT2D eigenvalue weighted by atomic mass is 9.83. The molecule has 3 heterocycles. The summed E-state index contributed by atoms with van der Waals surface area (Å²) in [6, 6.07) is 9.99. The molecule has 2 unspecified atom stereocenters. The van der Waals surface area contributed by atoms with Gasteiger partial charge in [0.15, 0.2) is 5.60 Å². The predicted octanol–water partition coefficient (Wildman–Crippen LogP) is 1.69. The Labute approximate surface area is 182 Å². The van der Waals surface area contributed by atoms with E-state index in [4.69, 9.17) is 9.26 Å². The van der Waals surface area contributed by atoms with Crippen molar-refractivity contribution >= 4 is 11.8 Å². The van der Waals surface area contributed by atoms with Crippen molar-refractivity contribution in [2.75, 3.05) is 53.4 Å². The van der Waals surface area contributed by atoms with Crippen LogP contribution in [-0.2, 0) is 9.53 Å². The van der Waals surface area contributed by atoms with E-state index in [1.165, 1.54) is 0 Å². The zero-order valence-corrected chi connectivity index (χ0v) is 18.6. The number of hydrogen-bond acceptors (Lipinski definition) is 6. The second-order valence-corrected chi connectivity index (χ2v) is 8.68. The highest BCUT2D eigenvalue weighted by atomic mass is 16.5. The molecule has 2 aliphatic heterocycles. The van der Waals surface area contributed by atoms with Crippen LogP contribution in [0.5, 0.6) is 0 Å². The third kappa shape index (κ3) is 3.85. The Morgan fingerprint density at radius 2 is 2.00 bits per heavy atom. The number of morpholine rings is 1. The summed E-state index contributed by atoms with van der Waals surface area (Å²) in [6.07, 6.45) is 0.